The third-order valence-corrected chi connectivity index (χ3v) is 4.54. The first-order chi connectivity index (χ1) is 14.5. The van der Waals surface area contributed by atoms with Crippen molar-refractivity contribution in [3.63, 3.8) is 0 Å². The molecular formula is C22H19ClN2O4S. The zero-order valence-electron chi connectivity index (χ0n) is 16.3. The van der Waals surface area contributed by atoms with Gasteiger partial charge in [-0.05, 0) is 30.4 Å². The number of hydrogen-bond donors (Lipinski definition) is 2. The molecule has 0 aliphatic carbocycles. The van der Waals surface area contributed by atoms with Crippen LogP contribution in [0.5, 0.6) is 11.5 Å². The standard InChI is InChI=1S/C22H19ClN2O4S/c1-27-19-13-17(20(28-2)12-16(19)23)24-22(30)25-21(26)11-9-15-8-10-18(29-15)14-6-4-3-5-7-14/h3-13H,1-2H3,(H2,24,25,26,30)/b11-9+. The van der Waals surface area contributed by atoms with E-state index in [1.165, 1.54) is 20.3 Å². The van der Waals surface area contributed by atoms with E-state index in [9.17, 15) is 4.79 Å². The highest BCUT2D eigenvalue weighted by atomic mass is 35.5. The number of furan rings is 1. The van der Waals surface area contributed by atoms with Gasteiger partial charge in [-0.3, -0.25) is 10.1 Å². The van der Waals surface area contributed by atoms with Gasteiger partial charge in [0.25, 0.3) is 0 Å². The van der Waals surface area contributed by atoms with E-state index in [-0.39, 0.29) is 5.11 Å². The van der Waals surface area contributed by atoms with Crippen molar-refractivity contribution in [2.24, 2.45) is 0 Å². The molecule has 3 aromatic rings. The Morgan fingerprint density at radius 1 is 1.07 bits per heavy atom. The number of rotatable bonds is 6. The van der Waals surface area contributed by atoms with Crippen molar-refractivity contribution in [1.29, 1.82) is 0 Å². The Hall–Kier alpha value is -3.29. The van der Waals surface area contributed by atoms with Gasteiger partial charge in [0.2, 0.25) is 5.91 Å². The van der Waals surface area contributed by atoms with Gasteiger partial charge in [-0.1, -0.05) is 41.9 Å². The predicted molar refractivity (Wildman–Crippen MR) is 122 cm³/mol. The van der Waals surface area contributed by atoms with Crippen LogP contribution in [0.3, 0.4) is 0 Å². The molecule has 1 amide bonds. The van der Waals surface area contributed by atoms with Gasteiger partial charge in [0.15, 0.2) is 5.11 Å². The second-order valence-electron chi connectivity index (χ2n) is 6.03. The lowest BCUT2D eigenvalue weighted by Crippen LogP contribution is -2.32. The minimum atomic E-state index is -0.412. The molecule has 0 aliphatic rings. The first-order valence-corrected chi connectivity index (χ1v) is 9.65. The van der Waals surface area contributed by atoms with Crippen LogP contribution in [0.1, 0.15) is 5.76 Å². The predicted octanol–water partition coefficient (Wildman–Crippen LogP) is 5.14. The van der Waals surface area contributed by atoms with Crippen LogP contribution in [-0.4, -0.2) is 25.2 Å². The summed E-state index contributed by atoms with van der Waals surface area (Å²) >= 11 is 11.3. The summed E-state index contributed by atoms with van der Waals surface area (Å²) in [6, 6.07) is 16.5. The molecule has 0 fully saturated rings. The number of thiocarbonyl (C=S) groups is 1. The van der Waals surface area contributed by atoms with Gasteiger partial charge in [-0.15, -0.1) is 0 Å². The summed E-state index contributed by atoms with van der Waals surface area (Å²) < 4.78 is 16.2. The summed E-state index contributed by atoms with van der Waals surface area (Å²) in [5, 5.41) is 5.95. The van der Waals surface area contributed by atoms with Gasteiger partial charge in [-0.25, -0.2) is 0 Å². The van der Waals surface area contributed by atoms with Gasteiger partial charge in [0.1, 0.15) is 23.0 Å². The molecule has 0 saturated heterocycles. The average Bonchev–Trinajstić information content (AvgIpc) is 3.23. The van der Waals surface area contributed by atoms with E-state index < -0.39 is 5.91 Å². The Bertz CT molecular complexity index is 1080. The topological polar surface area (TPSA) is 72.7 Å². The van der Waals surface area contributed by atoms with E-state index in [0.717, 1.165) is 11.3 Å². The molecule has 0 spiro atoms. The van der Waals surface area contributed by atoms with Crippen molar-refractivity contribution in [2.75, 3.05) is 19.5 Å². The summed E-state index contributed by atoms with van der Waals surface area (Å²) in [5.41, 5.74) is 1.46. The van der Waals surface area contributed by atoms with E-state index in [2.05, 4.69) is 10.6 Å². The highest BCUT2D eigenvalue weighted by Gasteiger charge is 2.12. The van der Waals surface area contributed by atoms with E-state index in [4.69, 9.17) is 37.7 Å². The number of nitrogens with one attached hydrogen (secondary N) is 2. The number of hydrogen-bond acceptors (Lipinski definition) is 5. The molecule has 0 unspecified atom stereocenters. The van der Waals surface area contributed by atoms with Crippen LogP contribution in [0, 0.1) is 0 Å². The Labute approximate surface area is 184 Å². The summed E-state index contributed by atoms with van der Waals surface area (Å²) in [6.07, 6.45) is 2.90. The van der Waals surface area contributed by atoms with Crippen LogP contribution in [-0.2, 0) is 4.79 Å². The molecule has 0 saturated carbocycles. The number of amides is 1. The Morgan fingerprint density at radius 2 is 1.80 bits per heavy atom. The summed E-state index contributed by atoms with van der Waals surface area (Å²) in [7, 11) is 3.00. The van der Waals surface area contributed by atoms with Gasteiger partial charge in [0, 0.05) is 23.8 Å². The fourth-order valence-electron chi connectivity index (χ4n) is 2.62. The molecule has 3 rings (SSSR count). The molecule has 154 valence electrons. The Balaban J connectivity index is 1.61. The van der Waals surface area contributed by atoms with E-state index in [0.29, 0.717) is 28.0 Å². The summed E-state index contributed by atoms with van der Waals surface area (Å²) in [6.45, 7) is 0. The maximum atomic E-state index is 12.2. The van der Waals surface area contributed by atoms with Crippen molar-refractivity contribution >= 4 is 46.6 Å². The second-order valence-corrected chi connectivity index (χ2v) is 6.85. The first kappa shape index (κ1) is 21.4. The van der Waals surface area contributed by atoms with E-state index in [1.807, 2.05) is 36.4 Å². The normalized spacial score (nSPS) is 10.6. The van der Waals surface area contributed by atoms with Crippen molar-refractivity contribution in [3.8, 4) is 22.8 Å². The van der Waals surface area contributed by atoms with Crippen LogP contribution in [0.25, 0.3) is 17.4 Å². The molecule has 2 N–H and O–H groups in total. The number of anilines is 1. The number of carbonyl (C=O) groups is 1. The van der Waals surface area contributed by atoms with Gasteiger partial charge >= 0.3 is 0 Å². The lowest BCUT2D eigenvalue weighted by molar-refractivity contribution is -0.115. The van der Waals surface area contributed by atoms with Crippen LogP contribution < -0.4 is 20.1 Å². The van der Waals surface area contributed by atoms with Crippen LogP contribution in [0.4, 0.5) is 5.69 Å². The average molecular weight is 443 g/mol. The molecular weight excluding hydrogens is 424 g/mol. The minimum absolute atomic E-state index is 0.0942. The first-order valence-electron chi connectivity index (χ1n) is 8.87. The molecule has 0 aliphatic heterocycles. The van der Waals surface area contributed by atoms with Crippen LogP contribution in [0.2, 0.25) is 5.02 Å². The number of carbonyl (C=O) groups excluding carboxylic acids is 1. The highest BCUT2D eigenvalue weighted by Crippen LogP contribution is 2.35. The Morgan fingerprint density at radius 3 is 2.50 bits per heavy atom. The zero-order chi connectivity index (χ0) is 21.5. The largest absolute Gasteiger partial charge is 0.495 e. The second kappa shape index (κ2) is 9.96. The van der Waals surface area contributed by atoms with Gasteiger partial charge in [0.05, 0.1) is 24.9 Å². The zero-order valence-corrected chi connectivity index (χ0v) is 17.8. The number of benzene rings is 2. The van der Waals surface area contributed by atoms with Crippen molar-refractivity contribution in [3.05, 3.63) is 71.5 Å². The van der Waals surface area contributed by atoms with Crippen molar-refractivity contribution < 1.29 is 18.7 Å². The summed E-state index contributed by atoms with van der Waals surface area (Å²) in [4.78, 5) is 12.2. The lowest BCUT2D eigenvalue weighted by atomic mass is 10.2. The Kier molecular flexibility index (Phi) is 7.11. The highest BCUT2D eigenvalue weighted by molar-refractivity contribution is 7.80. The quantitative estimate of drug-likeness (QED) is 0.406. The summed E-state index contributed by atoms with van der Waals surface area (Å²) in [5.74, 6) is 1.76. The van der Waals surface area contributed by atoms with E-state index >= 15 is 0 Å². The molecule has 1 heterocycles. The molecule has 0 atom stereocenters. The van der Waals surface area contributed by atoms with E-state index in [1.54, 1.807) is 24.3 Å². The number of halogens is 1. The molecule has 1 aromatic heterocycles. The fraction of sp³-hybridized carbons (Fsp3) is 0.0909. The smallest absolute Gasteiger partial charge is 0.250 e. The monoisotopic (exact) mass is 442 g/mol. The van der Waals surface area contributed by atoms with Crippen LogP contribution in [0.15, 0.2) is 65.1 Å². The van der Waals surface area contributed by atoms with Gasteiger partial charge < -0.3 is 19.2 Å². The molecule has 30 heavy (non-hydrogen) atoms. The maximum absolute atomic E-state index is 12.2. The van der Waals surface area contributed by atoms with Crippen molar-refractivity contribution in [1.82, 2.24) is 5.32 Å². The SMILES string of the molecule is COc1cc(NC(=S)NC(=O)/C=C/c2ccc(-c3ccccc3)o2)c(OC)cc1Cl. The number of methoxy groups -OCH3 is 2. The fourth-order valence-corrected chi connectivity index (χ4v) is 3.06. The van der Waals surface area contributed by atoms with Gasteiger partial charge in [-0.2, -0.15) is 0 Å². The lowest BCUT2D eigenvalue weighted by Gasteiger charge is -2.14. The molecule has 0 radical (unpaired) electrons. The third kappa shape index (κ3) is 5.40. The van der Waals surface area contributed by atoms with Crippen LogP contribution >= 0.6 is 23.8 Å². The minimum Gasteiger partial charge on any atom is -0.495 e. The third-order valence-electron chi connectivity index (χ3n) is 4.04. The molecule has 6 nitrogen and oxygen atoms in total. The van der Waals surface area contributed by atoms with Crippen molar-refractivity contribution in [2.45, 2.75) is 0 Å². The number of ether oxygens (including phenoxy) is 2. The molecule has 0 bridgehead atoms. The molecule has 2 aromatic carbocycles. The molecule has 8 heteroatoms. The maximum Gasteiger partial charge on any atom is 0.250 e.